The highest BCUT2D eigenvalue weighted by Crippen LogP contribution is 2.25. The fourth-order valence-electron chi connectivity index (χ4n) is 3.36. The molecule has 1 amide bonds. The second-order valence-electron chi connectivity index (χ2n) is 6.59. The van der Waals surface area contributed by atoms with E-state index >= 15 is 0 Å². The van der Waals surface area contributed by atoms with Crippen molar-refractivity contribution >= 4 is 11.9 Å². The van der Waals surface area contributed by atoms with E-state index in [9.17, 15) is 4.79 Å². The van der Waals surface area contributed by atoms with Gasteiger partial charge < -0.3 is 19.5 Å². The van der Waals surface area contributed by atoms with Gasteiger partial charge in [-0.1, -0.05) is 6.92 Å². The van der Waals surface area contributed by atoms with Crippen molar-refractivity contribution in [1.82, 2.24) is 20.0 Å². The molecule has 0 aromatic carbocycles. The number of carbonyl (C=O) groups excluding carboxylic acids is 1. The van der Waals surface area contributed by atoms with E-state index < -0.39 is 0 Å². The van der Waals surface area contributed by atoms with Crippen LogP contribution >= 0.6 is 0 Å². The Morgan fingerprint density at radius 3 is 2.60 bits per heavy atom. The summed E-state index contributed by atoms with van der Waals surface area (Å²) in [5.74, 6) is 1.31. The molecule has 1 aliphatic carbocycles. The van der Waals surface area contributed by atoms with Crippen LogP contribution in [0.25, 0.3) is 0 Å². The topological polar surface area (TPSA) is 64.3 Å². The molecule has 2 fully saturated rings. The third kappa shape index (κ3) is 4.54. The zero-order valence-corrected chi connectivity index (χ0v) is 15.3. The van der Waals surface area contributed by atoms with Crippen LogP contribution in [-0.4, -0.2) is 85.5 Å². The van der Waals surface area contributed by atoms with Gasteiger partial charge in [0, 0.05) is 52.4 Å². The van der Waals surface area contributed by atoms with Gasteiger partial charge in [-0.25, -0.2) is 0 Å². The molecule has 0 spiro atoms. The van der Waals surface area contributed by atoms with Gasteiger partial charge in [0.2, 0.25) is 0 Å². The molecule has 0 unspecified atom stereocenters. The molecule has 0 atom stereocenters. The SMILES string of the molecule is CCN(CCNC(=NC)N1CCN(C(=O)c2ccco2)CC1)C1CC1. The average Bonchev–Trinajstić information content (AvgIpc) is 3.34. The van der Waals surface area contributed by atoms with Crippen molar-refractivity contribution in [3.05, 3.63) is 24.2 Å². The zero-order valence-electron chi connectivity index (χ0n) is 15.3. The fourth-order valence-corrected chi connectivity index (χ4v) is 3.36. The van der Waals surface area contributed by atoms with Crippen molar-refractivity contribution in [2.24, 2.45) is 4.99 Å². The number of likely N-dealkylation sites (N-methyl/N-ethyl adjacent to an activating group) is 1. The lowest BCUT2D eigenvalue weighted by Crippen LogP contribution is -2.54. The lowest BCUT2D eigenvalue weighted by molar-refractivity contribution is 0.0657. The molecule has 2 heterocycles. The Morgan fingerprint density at radius 2 is 2.04 bits per heavy atom. The van der Waals surface area contributed by atoms with Crippen LogP contribution in [0, 0.1) is 0 Å². The van der Waals surface area contributed by atoms with Crippen molar-refractivity contribution in [2.75, 3.05) is 52.9 Å². The number of nitrogens with one attached hydrogen (secondary N) is 1. The predicted octanol–water partition coefficient (Wildman–Crippen LogP) is 1.10. The third-order valence-electron chi connectivity index (χ3n) is 4.96. The number of rotatable bonds is 6. The van der Waals surface area contributed by atoms with Gasteiger partial charge in [0.25, 0.3) is 5.91 Å². The molecular formula is C18H29N5O2. The smallest absolute Gasteiger partial charge is 0.289 e. The Morgan fingerprint density at radius 1 is 1.32 bits per heavy atom. The summed E-state index contributed by atoms with van der Waals surface area (Å²) in [6, 6.07) is 4.26. The minimum Gasteiger partial charge on any atom is -0.459 e. The molecule has 2 aliphatic rings. The third-order valence-corrected chi connectivity index (χ3v) is 4.96. The van der Waals surface area contributed by atoms with Gasteiger partial charge in [-0.2, -0.15) is 0 Å². The van der Waals surface area contributed by atoms with E-state index in [1.54, 1.807) is 12.1 Å². The van der Waals surface area contributed by atoms with Crippen molar-refractivity contribution < 1.29 is 9.21 Å². The summed E-state index contributed by atoms with van der Waals surface area (Å²) in [6.07, 6.45) is 4.22. The molecule has 0 bridgehead atoms. The van der Waals surface area contributed by atoms with Crippen LogP contribution in [-0.2, 0) is 0 Å². The molecule has 7 heteroatoms. The van der Waals surface area contributed by atoms with Crippen LogP contribution in [0.5, 0.6) is 0 Å². The summed E-state index contributed by atoms with van der Waals surface area (Å²) in [5, 5.41) is 3.47. The maximum Gasteiger partial charge on any atom is 0.289 e. The molecule has 0 radical (unpaired) electrons. The van der Waals surface area contributed by atoms with E-state index in [2.05, 4.69) is 27.0 Å². The minimum absolute atomic E-state index is 0.0318. The summed E-state index contributed by atoms with van der Waals surface area (Å²) < 4.78 is 5.21. The highest BCUT2D eigenvalue weighted by atomic mass is 16.3. The van der Waals surface area contributed by atoms with E-state index in [4.69, 9.17) is 4.42 Å². The quantitative estimate of drug-likeness (QED) is 0.617. The highest BCUT2D eigenvalue weighted by Gasteiger charge is 2.28. The molecule has 25 heavy (non-hydrogen) atoms. The molecule has 1 aliphatic heterocycles. The number of piperazine rings is 1. The molecule has 7 nitrogen and oxygen atoms in total. The number of aliphatic imine (C=N–C) groups is 1. The lowest BCUT2D eigenvalue weighted by atomic mass is 10.3. The number of amides is 1. The first kappa shape index (κ1) is 17.8. The Hall–Kier alpha value is -2.02. The molecule has 1 saturated heterocycles. The average molecular weight is 347 g/mol. The summed E-state index contributed by atoms with van der Waals surface area (Å²) in [7, 11) is 1.82. The molecule has 1 saturated carbocycles. The first-order valence-electron chi connectivity index (χ1n) is 9.25. The molecule has 138 valence electrons. The zero-order chi connectivity index (χ0) is 17.6. The van der Waals surface area contributed by atoms with Gasteiger partial charge in [0.05, 0.1) is 6.26 Å². The Kier molecular flexibility index (Phi) is 5.96. The number of hydrogen-bond donors (Lipinski definition) is 1. The summed E-state index contributed by atoms with van der Waals surface area (Å²) in [6.45, 7) is 8.23. The van der Waals surface area contributed by atoms with Crippen molar-refractivity contribution in [2.45, 2.75) is 25.8 Å². The van der Waals surface area contributed by atoms with Gasteiger partial charge >= 0.3 is 0 Å². The molecule has 3 rings (SSSR count). The number of carbonyl (C=O) groups is 1. The van der Waals surface area contributed by atoms with Gasteiger partial charge in [-0.3, -0.25) is 14.7 Å². The molecule has 1 aromatic rings. The predicted molar refractivity (Wildman–Crippen MR) is 97.8 cm³/mol. The summed E-state index contributed by atoms with van der Waals surface area (Å²) in [4.78, 5) is 23.3. The van der Waals surface area contributed by atoms with Gasteiger partial charge in [-0.15, -0.1) is 0 Å². The van der Waals surface area contributed by atoms with Crippen LogP contribution in [0.4, 0.5) is 0 Å². The maximum absolute atomic E-state index is 12.3. The largest absolute Gasteiger partial charge is 0.459 e. The van der Waals surface area contributed by atoms with Crippen LogP contribution in [0.15, 0.2) is 27.8 Å². The lowest BCUT2D eigenvalue weighted by Gasteiger charge is -2.36. The standard InChI is InChI=1S/C18H29N5O2/c1-3-21(15-6-7-15)9-8-20-18(19-2)23-12-10-22(11-13-23)17(24)16-5-4-14-25-16/h4-5,14-15H,3,6-13H2,1-2H3,(H,19,20). The van der Waals surface area contributed by atoms with Crippen molar-refractivity contribution in [3.8, 4) is 0 Å². The number of hydrogen-bond acceptors (Lipinski definition) is 4. The first-order valence-corrected chi connectivity index (χ1v) is 9.25. The number of guanidine groups is 1. The summed E-state index contributed by atoms with van der Waals surface area (Å²) in [5.41, 5.74) is 0. The second kappa shape index (κ2) is 8.38. The summed E-state index contributed by atoms with van der Waals surface area (Å²) >= 11 is 0. The van der Waals surface area contributed by atoms with Gasteiger partial charge in [-0.05, 0) is 31.5 Å². The van der Waals surface area contributed by atoms with E-state index in [0.717, 1.165) is 44.7 Å². The number of nitrogens with zero attached hydrogens (tertiary/aromatic N) is 4. The fraction of sp³-hybridized carbons (Fsp3) is 0.667. The van der Waals surface area contributed by atoms with Crippen molar-refractivity contribution in [3.63, 3.8) is 0 Å². The van der Waals surface area contributed by atoms with E-state index in [0.29, 0.717) is 18.8 Å². The Balaban J connectivity index is 1.43. The first-order chi connectivity index (χ1) is 12.2. The van der Waals surface area contributed by atoms with E-state index in [1.165, 1.54) is 19.1 Å². The molecular weight excluding hydrogens is 318 g/mol. The van der Waals surface area contributed by atoms with Gasteiger partial charge in [0.1, 0.15) is 0 Å². The van der Waals surface area contributed by atoms with Crippen LogP contribution in [0.3, 0.4) is 0 Å². The van der Waals surface area contributed by atoms with E-state index in [1.807, 2.05) is 11.9 Å². The maximum atomic E-state index is 12.3. The van der Waals surface area contributed by atoms with Crippen LogP contribution < -0.4 is 5.32 Å². The van der Waals surface area contributed by atoms with Crippen LogP contribution in [0.2, 0.25) is 0 Å². The Bertz CT molecular complexity index is 574. The molecule has 1 N–H and O–H groups in total. The Labute approximate surface area is 149 Å². The minimum atomic E-state index is -0.0318. The van der Waals surface area contributed by atoms with Gasteiger partial charge in [0.15, 0.2) is 11.7 Å². The number of furan rings is 1. The highest BCUT2D eigenvalue weighted by molar-refractivity contribution is 5.91. The van der Waals surface area contributed by atoms with Crippen LogP contribution in [0.1, 0.15) is 30.3 Å². The monoisotopic (exact) mass is 347 g/mol. The normalized spacial score (nSPS) is 18.8. The van der Waals surface area contributed by atoms with E-state index in [-0.39, 0.29) is 5.91 Å². The second-order valence-corrected chi connectivity index (χ2v) is 6.59. The molecule has 1 aromatic heterocycles. The van der Waals surface area contributed by atoms with Crippen molar-refractivity contribution in [1.29, 1.82) is 0 Å².